The van der Waals surface area contributed by atoms with E-state index in [9.17, 15) is 20.0 Å². The maximum absolute atomic E-state index is 12.0. The van der Waals surface area contributed by atoms with Crippen LogP contribution in [0, 0.1) is 10.1 Å². The van der Waals surface area contributed by atoms with E-state index >= 15 is 0 Å². The maximum Gasteiger partial charge on any atom is 0.311 e. The van der Waals surface area contributed by atoms with Crippen molar-refractivity contribution >= 4 is 28.5 Å². The number of carbonyl (C=O) groups is 1. The smallest absolute Gasteiger partial charge is 0.311 e. The van der Waals surface area contributed by atoms with Gasteiger partial charge >= 0.3 is 5.69 Å². The second-order valence-electron chi connectivity index (χ2n) is 3.50. The molecule has 0 aliphatic heterocycles. The minimum Gasteiger partial charge on any atom is -0.502 e. The monoisotopic (exact) mass is 324 g/mol. The molecule has 0 fully saturated rings. The summed E-state index contributed by atoms with van der Waals surface area (Å²) in [5, 5.41) is 19.9. The van der Waals surface area contributed by atoms with Gasteiger partial charge in [0.1, 0.15) is 5.69 Å². The number of phenolic OH excluding ortho intramolecular Hbond substituents is 1. The van der Waals surface area contributed by atoms with Gasteiger partial charge in [0.2, 0.25) is 5.78 Å². The van der Waals surface area contributed by atoms with Gasteiger partial charge in [0.15, 0.2) is 5.75 Å². The summed E-state index contributed by atoms with van der Waals surface area (Å²) < 4.78 is 0. The number of carbonyl (C=O) groups excluding carboxylic acids is 1. The fraction of sp³-hybridized carbons (Fsp3) is 0. The number of phenols is 1. The Balaban J connectivity index is 0.00000180. The van der Waals surface area contributed by atoms with Crippen molar-refractivity contribution in [2.24, 2.45) is 0 Å². The maximum atomic E-state index is 12.0. The lowest BCUT2D eigenvalue weighted by atomic mass is 10.1. The summed E-state index contributed by atoms with van der Waals surface area (Å²) in [5.41, 5.74) is -0.201. The molecule has 1 aromatic heterocycles. The zero-order chi connectivity index (χ0) is 13.1. The summed E-state index contributed by atoms with van der Waals surface area (Å²) >= 11 is 0. The molecule has 0 atom stereocenters. The molecule has 0 amide bonds. The molecular weight excluding hydrogens is 316 g/mol. The van der Waals surface area contributed by atoms with Crippen LogP contribution >= 0.6 is 17.0 Å². The van der Waals surface area contributed by atoms with Gasteiger partial charge < -0.3 is 5.11 Å². The largest absolute Gasteiger partial charge is 0.502 e. The lowest BCUT2D eigenvalue weighted by molar-refractivity contribution is -0.385. The van der Waals surface area contributed by atoms with Crippen molar-refractivity contribution in [3.05, 3.63) is 64.0 Å². The normalized spacial score (nSPS) is 9.47. The highest BCUT2D eigenvalue weighted by atomic mass is 79.9. The standard InChI is InChI=1S/C12H8N2O4.BrH/c15-11-5-4-8(7-10(11)14(17)18)12(16)9-3-1-2-6-13-9;/h1-7,15H;1H. The van der Waals surface area contributed by atoms with Crippen LogP contribution in [0.4, 0.5) is 5.69 Å². The number of nitrogens with zero attached hydrogens (tertiary/aromatic N) is 2. The van der Waals surface area contributed by atoms with Crippen molar-refractivity contribution in [1.29, 1.82) is 0 Å². The first kappa shape index (κ1) is 14.8. The number of nitro benzene ring substituents is 1. The van der Waals surface area contributed by atoms with Crippen molar-refractivity contribution in [2.75, 3.05) is 0 Å². The molecule has 2 aromatic rings. The molecule has 1 N–H and O–H groups in total. The van der Waals surface area contributed by atoms with Crippen LogP contribution in [0.5, 0.6) is 5.75 Å². The molecular formula is C12H9BrN2O4. The van der Waals surface area contributed by atoms with Crippen molar-refractivity contribution < 1.29 is 14.8 Å². The summed E-state index contributed by atoms with van der Waals surface area (Å²) in [7, 11) is 0. The average molecular weight is 325 g/mol. The van der Waals surface area contributed by atoms with Crippen LogP contribution in [0.2, 0.25) is 0 Å². The number of aromatic hydroxyl groups is 1. The van der Waals surface area contributed by atoms with Crippen LogP contribution < -0.4 is 0 Å². The van der Waals surface area contributed by atoms with Crippen molar-refractivity contribution in [3.8, 4) is 5.75 Å². The number of aromatic nitrogens is 1. The summed E-state index contributed by atoms with van der Waals surface area (Å²) in [6.07, 6.45) is 1.46. The number of hydrogen-bond acceptors (Lipinski definition) is 5. The third-order valence-electron chi connectivity index (χ3n) is 2.33. The van der Waals surface area contributed by atoms with E-state index < -0.39 is 22.1 Å². The van der Waals surface area contributed by atoms with Gasteiger partial charge in [-0.25, -0.2) is 0 Å². The number of rotatable bonds is 3. The predicted octanol–water partition coefficient (Wildman–Crippen LogP) is 2.50. The highest BCUT2D eigenvalue weighted by Crippen LogP contribution is 2.27. The molecule has 1 aromatic carbocycles. The van der Waals surface area contributed by atoms with E-state index in [0.717, 1.165) is 12.1 Å². The van der Waals surface area contributed by atoms with E-state index in [2.05, 4.69) is 4.98 Å². The highest BCUT2D eigenvalue weighted by Gasteiger charge is 2.18. The first-order chi connectivity index (χ1) is 8.59. The number of pyridine rings is 1. The number of benzene rings is 1. The second kappa shape index (κ2) is 6.05. The Morgan fingerprint density at radius 3 is 2.58 bits per heavy atom. The van der Waals surface area contributed by atoms with Gasteiger partial charge in [0.25, 0.3) is 0 Å². The Morgan fingerprint density at radius 1 is 1.26 bits per heavy atom. The van der Waals surface area contributed by atoms with Crippen LogP contribution in [0.3, 0.4) is 0 Å². The number of nitro groups is 1. The van der Waals surface area contributed by atoms with Gasteiger partial charge in [0.05, 0.1) is 4.92 Å². The topological polar surface area (TPSA) is 93.3 Å². The zero-order valence-electron chi connectivity index (χ0n) is 9.52. The Bertz CT molecular complexity index is 616. The van der Waals surface area contributed by atoms with E-state index in [-0.39, 0.29) is 28.2 Å². The van der Waals surface area contributed by atoms with Crippen LogP contribution in [0.25, 0.3) is 0 Å². The fourth-order valence-electron chi connectivity index (χ4n) is 1.46. The number of halogens is 1. The summed E-state index contributed by atoms with van der Waals surface area (Å²) in [5.74, 6) is -0.906. The molecule has 2 rings (SSSR count). The summed E-state index contributed by atoms with van der Waals surface area (Å²) in [4.78, 5) is 25.7. The molecule has 6 nitrogen and oxygen atoms in total. The van der Waals surface area contributed by atoms with Crippen molar-refractivity contribution in [3.63, 3.8) is 0 Å². The van der Waals surface area contributed by atoms with Gasteiger partial charge in [-0.1, -0.05) is 6.07 Å². The van der Waals surface area contributed by atoms with Gasteiger partial charge in [0, 0.05) is 17.8 Å². The fourth-order valence-corrected chi connectivity index (χ4v) is 1.46. The molecule has 0 radical (unpaired) electrons. The predicted molar refractivity (Wildman–Crippen MR) is 72.8 cm³/mol. The van der Waals surface area contributed by atoms with Crippen molar-refractivity contribution in [1.82, 2.24) is 4.98 Å². The molecule has 0 aliphatic rings. The Morgan fingerprint density at radius 2 is 2.00 bits per heavy atom. The highest BCUT2D eigenvalue weighted by molar-refractivity contribution is 8.93. The number of ketones is 1. The second-order valence-corrected chi connectivity index (χ2v) is 3.50. The molecule has 0 bridgehead atoms. The quantitative estimate of drug-likeness (QED) is 0.532. The molecule has 19 heavy (non-hydrogen) atoms. The molecule has 0 unspecified atom stereocenters. The van der Waals surface area contributed by atoms with E-state index in [1.807, 2.05) is 0 Å². The molecule has 0 aliphatic carbocycles. The minimum atomic E-state index is -0.746. The molecule has 0 saturated heterocycles. The van der Waals surface area contributed by atoms with E-state index in [1.165, 1.54) is 18.3 Å². The number of hydrogen-bond donors (Lipinski definition) is 1. The van der Waals surface area contributed by atoms with Gasteiger partial charge in [-0.15, -0.1) is 17.0 Å². The molecule has 98 valence electrons. The van der Waals surface area contributed by atoms with Crippen LogP contribution in [-0.2, 0) is 0 Å². The lowest BCUT2D eigenvalue weighted by Crippen LogP contribution is -2.04. The SMILES string of the molecule is Br.O=C(c1ccc(O)c([N+](=O)[O-])c1)c1ccccn1. The average Bonchev–Trinajstić information content (AvgIpc) is 2.39. The third kappa shape index (κ3) is 3.14. The van der Waals surface area contributed by atoms with Gasteiger partial charge in [-0.3, -0.25) is 19.9 Å². The van der Waals surface area contributed by atoms with E-state index in [1.54, 1.807) is 12.1 Å². The first-order valence-corrected chi connectivity index (χ1v) is 5.03. The molecule has 1 heterocycles. The van der Waals surface area contributed by atoms with E-state index in [4.69, 9.17) is 0 Å². The van der Waals surface area contributed by atoms with Crippen LogP contribution in [0.1, 0.15) is 16.1 Å². The minimum absolute atomic E-state index is 0. The molecule has 0 saturated carbocycles. The summed E-state index contributed by atoms with van der Waals surface area (Å²) in [6.45, 7) is 0. The Hall–Kier alpha value is -2.28. The van der Waals surface area contributed by atoms with Crippen LogP contribution in [-0.4, -0.2) is 20.8 Å². The Labute approximate surface area is 118 Å². The molecule has 7 heteroatoms. The van der Waals surface area contributed by atoms with Gasteiger partial charge in [-0.2, -0.15) is 0 Å². The molecule has 0 spiro atoms. The zero-order valence-corrected chi connectivity index (χ0v) is 11.2. The lowest BCUT2D eigenvalue weighted by Gasteiger charge is -2.01. The van der Waals surface area contributed by atoms with Crippen molar-refractivity contribution in [2.45, 2.75) is 0 Å². The third-order valence-corrected chi connectivity index (χ3v) is 2.33. The Kier molecular flexibility index (Phi) is 4.71. The van der Waals surface area contributed by atoms with Crippen LogP contribution in [0.15, 0.2) is 42.6 Å². The first-order valence-electron chi connectivity index (χ1n) is 5.03. The van der Waals surface area contributed by atoms with Gasteiger partial charge in [-0.05, 0) is 24.3 Å². The van der Waals surface area contributed by atoms with E-state index in [0.29, 0.717) is 0 Å². The summed E-state index contributed by atoms with van der Waals surface area (Å²) in [6, 6.07) is 8.30.